The summed E-state index contributed by atoms with van der Waals surface area (Å²) in [6.45, 7) is 1.28. The minimum atomic E-state index is -4.31. The molecule has 8 heteroatoms. The summed E-state index contributed by atoms with van der Waals surface area (Å²) in [7, 11) is 1.63. The van der Waals surface area contributed by atoms with Crippen molar-refractivity contribution in [3.63, 3.8) is 0 Å². The van der Waals surface area contributed by atoms with E-state index in [0.29, 0.717) is 5.82 Å². The monoisotopic (exact) mass is 262 g/mol. The maximum Gasteiger partial charge on any atom is 0.391 e. The number of amides is 1. The first-order valence-electron chi connectivity index (χ1n) is 5.21. The molecule has 0 fully saturated rings. The number of hydrogen-bond acceptors (Lipinski definition) is 4. The molecule has 18 heavy (non-hydrogen) atoms. The quantitative estimate of drug-likeness (QED) is 0.864. The van der Waals surface area contributed by atoms with Crippen molar-refractivity contribution in [2.75, 3.05) is 12.4 Å². The van der Waals surface area contributed by atoms with Gasteiger partial charge in [0.15, 0.2) is 5.69 Å². The summed E-state index contributed by atoms with van der Waals surface area (Å²) >= 11 is 0. The number of alkyl halides is 3. The predicted octanol–water partition coefficient (Wildman–Crippen LogP) is 1.59. The Morgan fingerprint density at radius 3 is 2.50 bits per heavy atom. The number of nitrogens with one attached hydrogen (secondary N) is 2. The average molecular weight is 262 g/mol. The molecule has 0 saturated carbocycles. The molecule has 0 saturated heterocycles. The van der Waals surface area contributed by atoms with Crippen LogP contribution in [-0.2, 0) is 0 Å². The van der Waals surface area contributed by atoms with Crippen LogP contribution in [0.15, 0.2) is 12.1 Å². The SMILES string of the molecule is CNc1ccc(C(=O)NC(C)CC(F)(F)F)nn1. The highest BCUT2D eigenvalue weighted by Crippen LogP contribution is 2.21. The van der Waals surface area contributed by atoms with Gasteiger partial charge in [0.25, 0.3) is 5.91 Å². The summed E-state index contributed by atoms with van der Waals surface area (Å²) < 4.78 is 36.2. The number of anilines is 1. The third-order valence-electron chi connectivity index (χ3n) is 2.07. The summed E-state index contributed by atoms with van der Waals surface area (Å²) in [5.41, 5.74) is -0.0250. The van der Waals surface area contributed by atoms with E-state index < -0.39 is 24.5 Å². The first-order valence-corrected chi connectivity index (χ1v) is 5.21. The molecule has 1 atom stereocenters. The average Bonchev–Trinajstić information content (AvgIpc) is 2.26. The Balaban J connectivity index is 2.59. The highest BCUT2D eigenvalue weighted by molar-refractivity contribution is 5.92. The minimum Gasteiger partial charge on any atom is -0.372 e. The fourth-order valence-electron chi connectivity index (χ4n) is 1.28. The summed E-state index contributed by atoms with van der Waals surface area (Å²) in [6, 6.07) is 1.88. The van der Waals surface area contributed by atoms with E-state index in [4.69, 9.17) is 0 Å². The molecule has 0 aliphatic heterocycles. The van der Waals surface area contributed by atoms with Crippen molar-refractivity contribution in [2.45, 2.75) is 25.6 Å². The van der Waals surface area contributed by atoms with Crippen molar-refractivity contribution >= 4 is 11.7 Å². The fourth-order valence-corrected chi connectivity index (χ4v) is 1.28. The van der Waals surface area contributed by atoms with Gasteiger partial charge in [0.2, 0.25) is 0 Å². The molecule has 2 N–H and O–H groups in total. The fraction of sp³-hybridized carbons (Fsp3) is 0.500. The number of carbonyl (C=O) groups is 1. The molecule has 1 aromatic rings. The van der Waals surface area contributed by atoms with Gasteiger partial charge in [-0.05, 0) is 19.1 Å². The van der Waals surface area contributed by atoms with E-state index in [9.17, 15) is 18.0 Å². The van der Waals surface area contributed by atoms with Crippen molar-refractivity contribution in [3.8, 4) is 0 Å². The van der Waals surface area contributed by atoms with Crippen LogP contribution in [-0.4, -0.2) is 35.4 Å². The van der Waals surface area contributed by atoms with Crippen LogP contribution in [0, 0.1) is 0 Å². The molecule has 0 spiro atoms. The minimum absolute atomic E-state index is 0.0250. The van der Waals surface area contributed by atoms with Crippen LogP contribution in [0.5, 0.6) is 0 Å². The van der Waals surface area contributed by atoms with Crippen molar-refractivity contribution in [3.05, 3.63) is 17.8 Å². The molecule has 1 amide bonds. The standard InChI is InChI=1S/C10H13F3N4O/c1-6(5-10(11,12)13)15-9(18)7-3-4-8(14-2)17-16-7/h3-4,6H,5H2,1-2H3,(H,14,17)(H,15,18). The zero-order valence-corrected chi connectivity index (χ0v) is 9.88. The highest BCUT2D eigenvalue weighted by atomic mass is 19.4. The zero-order valence-electron chi connectivity index (χ0n) is 9.88. The van der Waals surface area contributed by atoms with Crippen LogP contribution in [0.1, 0.15) is 23.8 Å². The lowest BCUT2D eigenvalue weighted by Crippen LogP contribution is -2.36. The van der Waals surface area contributed by atoms with Crippen LogP contribution in [0.25, 0.3) is 0 Å². The Bertz CT molecular complexity index is 405. The first kappa shape index (κ1) is 14.2. The number of halogens is 3. The molecule has 1 heterocycles. The summed E-state index contributed by atoms with van der Waals surface area (Å²) in [5, 5.41) is 12.2. The largest absolute Gasteiger partial charge is 0.391 e. The first-order chi connectivity index (χ1) is 8.31. The Morgan fingerprint density at radius 2 is 2.06 bits per heavy atom. The molecule has 1 aromatic heterocycles. The Hall–Kier alpha value is -1.86. The van der Waals surface area contributed by atoms with Crippen LogP contribution >= 0.6 is 0 Å². The predicted molar refractivity (Wildman–Crippen MR) is 59.2 cm³/mol. The molecular weight excluding hydrogens is 249 g/mol. The normalized spacial score (nSPS) is 12.9. The molecule has 0 radical (unpaired) electrons. The third kappa shape index (κ3) is 4.56. The maximum absolute atomic E-state index is 12.1. The molecular formula is C10H13F3N4O. The van der Waals surface area contributed by atoms with Crippen LogP contribution in [0.2, 0.25) is 0 Å². The molecule has 0 aromatic carbocycles. The Kier molecular flexibility index (Phi) is 4.46. The van der Waals surface area contributed by atoms with Gasteiger partial charge < -0.3 is 10.6 Å². The van der Waals surface area contributed by atoms with Crippen LogP contribution in [0.4, 0.5) is 19.0 Å². The van der Waals surface area contributed by atoms with Gasteiger partial charge in [-0.1, -0.05) is 0 Å². The van der Waals surface area contributed by atoms with Gasteiger partial charge in [-0.2, -0.15) is 13.2 Å². The number of rotatable bonds is 4. The molecule has 1 unspecified atom stereocenters. The van der Waals surface area contributed by atoms with Gasteiger partial charge in [-0.3, -0.25) is 4.79 Å². The second-order valence-corrected chi connectivity index (χ2v) is 3.75. The van der Waals surface area contributed by atoms with E-state index in [0.717, 1.165) is 0 Å². The molecule has 100 valence electrons. The van der Waals surface area contributed by atoms with Gasteiger partial charge in [0, 0.05) is 13.1 Å². The van der Waals surface area contributed by atoms with Gasteiger partial charge in [-0.15, -0.1) is 10.2 Å². The van der Waals surface area contributed by atoms with Crippen LogP contribution in [0.3, 0.4) is 0 Å². The lowest BCUT2D eigenvalue weighted by atomic mass is 10.2. The molecule has 0 aliphatic carbocycles. The number of hydrogen-bond donors (Lipinski definition) is 2. The molecule has 1 rings (SSSR count). The lowest BCUT2D eigenvalue weighted by Gasteiger charge is -2.15. The van der Waals surface area contributed by atoms with Gasteiger partial charge in [0.1, 0.15) is 5.82 Å². The smallest absolute Gasteiger partial charge is 0.372 e. The van der Waals surface area contributed by atoms with E-state index in [1.807, 2.05) is 0 Å². The van der Waals surface area contributed by atoms with Crippen molar-refractivity contribution in [2.24, 2.45) is 0 Å². The second kappa shape index (κ2) is 5.65. The zero-order chi connectivity index (χ0) is 13.8. The number of carbonyl (C=O) groups excluding carboxylic acids is 1. The number of aromatic nitrogens is 2. The Labute approximate surface area is 102 Å². The maximum atomic E-state index is 12.1. The third-order valence-corrected chi connectivity index (χ3v) is 2.07. The van der Waals surface area contributed by atoms with E-state index >= 15 is 0 Å². The van der Waals surface area contributed by atoms with E-state index in [2.05, 4.69) is 20.8 Å². The molecule has 0 aliphatic rings. The van der Waals surface area contributed by atoms with Crippen molar-refractivity contribution < 1.29 is 18.0 Å². The van der Waals surface area contributed by atoms with E-state index in [-0.39, 0.29) is 5.69 Å². The van der Waals surface area contributed by atoms with Gasteiger partial charge in [-0.25, -0.2) is 0 Å². The van der Waals surface area contributed by atoms with E-state index in [1.54, 1.807) is 7.05 Å². The molecule has 5 nitrogen and oxygen atoms in total. The number of nitrogens with zero attached hydrogens (tertiary/aromatic N) is 2. The lowest BCUT2D eigenvalue weighted by molar-refractivity contribution is -0.138. The van der Waals surface area contributed by atoms with E-state index in [1.165, 1.54) is 19.1 Å². The molecule has 0 bridgehead atoms. The summed E-state index contributed by atoms with van der Waals surface area (Å²) in [5.74, 6) is -0.211. The second-order valence-electron chi connectivity index (χ2n) is 3.75. The van der Waals surface area contributed by atoms with Crippen LogP contribution < -0.4 is 10.6 Å². The highest BCUT2D eigenvalue weighted by Gasteiger charge is 2.30. The topological polar surface area (TPSA) is 66.9 Å². The summed E-state index contributed by atoms with van der Waals surface area (Å²) in [6.07, 6.45) is -5.39. The van der Waals surface area contributed by atoms with Crippen molar-refractivity contribution in [1.29, 1.82) is 0 Å². The van der Waals surface area contributed by atoms with Gasteiger partial charge in [0.05, 0.1) is 6.42 Å². The Morgan fingerprint density at radius 1 is 1.39 bits per heavy atom. The van der Waals surface area contributed by atoms with Crippen molar-refractivity contribution in [1.82, 2.24) is 15.5 Å². The van der Waals surface area contributed by atoms with Gasteiger partial charge >= 0.3 is 6.18 Å². The summed E-state index contributed by atoms with van der Waals surface area (Å²) in [4.78, 5) is 11.5.